The number of ether oxygens (including phenoxy) is 4. The fraction of sp³-hybridized carbons (Fsp3) is 0.727. The number of alkyl halides is 1. The van der Waals surface area contributed by atoms with Crippen LogP contribution in [0.15, 0.2) is 11.8 Å². The Balaban J connectivity index is 2.90. The zero-order chi connectivity index (χ0) is 12.9. The molecule has 0 amide bonds. The molecule has 0 aromatic heterocycles. The Bertz CT molecular complexity index is 298. The van der Waals surface area contributed by atoms with Crippen LogP contribution in [0.5, 0.6) is 0 Å². The summed E-state index contributed by atoms with van der Waals surface area (Å²) >= 11 is 3.35. The van der Waals surface area contributed by atoms with Gasteiger partial charge in [-0.3, -0.25) is 0 Å². The highest BCUT2D eigenvalue weighted by atomic mass is 79.9. The maximum absolute atomic E-state index is 11.3. The number of hydrogen-bond donors (Lipinski definition) is 0. The first-order chi connectivity index (χ1) is 8.13. The van der Waals surface area contributed by atoms with E-state index in [1.165, 1.54) is 27.4 Å². The first kappa shape index (κ1) is 14.5. The summed E-state index contributed by atoms with van der Waals surface area (Å²) in [6.45, 7) is 0. The molecular weight excluding hydrogens is 292 g/mol. The first-order valence-electron chi connectivity index (χ1n) is 5.26. The molecule has 0 spiro atoms. The normalized spacial score (nSPS) is 20.1. The summed E-state index contributed by atoms with van der Waals surface area (Å²) in [5.41, 5.74) is 0. The molecule has 1 rings (SSSR count). The van der Waals surface area contributed by atoms with Gasteiger partial charge in [-0.1, -0.05) is 15.9 Å². The van der Waals surface area contributed by atoms with Gasteiger partial charge >= 0.3 is 5.97 Å². The summed E-state index contributed by atoms with van der Waals surface area (Å²) in [6.07, 6.45) is 2.07. The minimum absolute atomic E-state index is 0.424. The van der Waals surface area contributed by atoms with Crippen LogP contribution in [0.4, 0.5) is 0 Å². The minimum Gasteiger partial charge on any atom is -0.497 e. The van der Waals surface area contributed by atoms with Crippen molar-refractivity contribution in [3.05, 3.63) is 11.8 Å². The van der Waals surface area contributed by atoms with Gasteiger partial charge in [0.2, 0.25) is 11.9 Å². The van der Waals surface area contributed by atoms with E-state index in [0.29, 0.717) is 12.2 Å². The van der Waals surface area contributed by atoms with Gasteiger partial charge in [0.25, 0.3) is 0 Å². The van der Waals surface area contributed by atoms with Crippen LogP contribution in [0, 0.1) is 0 Å². The molecule has 0 N–H and O–H groups in total. The van der Waals surface area contributed by atoms with Crippen molar-refractivity contribution in [3.8, 4) is 0 Å². The van der Waals surface area contributed by atoms with Crippen molar-refractivity contribution in [2.24, 2.45) is 0 Å². The van der Waals surface area contributed by atoms with Crippen molar-refractivity contribution in [3.63, 3.8) is 0 Å². The van der Waals surface area contributed by atoms with Crippen LogP contribution >= 0.6 is 15.9 Å². The van der Waals surface area contributed by atoms with Crippen LogP contribution in [0.1, 0.15) is 12.8 Å². The zero-order valence-electron chi connectivity index (χ0n) is 10.2. The first-order valence-corrected chi connectivity index (χ1v) is 6.38. The van der Waals surface area contributed by atoms with Crippen molar-refractivity contribution >= 4 is 21.9 Å². The molecule has 17 heavy (non-hydrogen) atoms. The fourth-order valence-electron chi connectivity index (χ4n) is 1.82. The molecule has 0 bridgehead atoms. The highest BCUT2D eigenvalue weighted by molar-refractivity contribution is 9.09. The van der Waals surface area contributed by atoms with Gasteiger partial charge in [-0.15, -0.1) is 0 Å². The largest absolute Gasteiger partial charge is 0.497 e. The smallest absolute Gasteiger partial charge is 0.335 e. The van der Waals surface area contributed by atoms with Gasteiger partial charge < -0.3 is 18.9 Å². The molecule has 0 saturated carbocycles. The molecule has 6 heteroatoms. The average Bonchev–Trinajstić information content (AvgIpc) is 2.73. The Morgan fingerprint density at radius 3 is 2.53 bits per heavy atom. The Kier molecular flexibility index (Phi) is 5.42. The van der Waals surface area contributed by atoms with E-state index in [1.54, 1.807) is 0 Å². The number of rotatable bonds is 7. The maximum atomic E-state index is 11.3. The lowest BCUT2D eigenvalue weighted by Gasteiger charge is -2.35. The number of cyclic esters (lactones) is 1. The second-order valence-corrected chi connectivity index (χ2v) is 4.37. The van der Waals surface area contributed by atoms with Gasteiger partial charge in [-0.05, 0) is 6.42 Å². The number of carbonyl (C=O) groups excluding carboxylic acids is 1. The predicted molar refractivity (Wildman–Crippen MR) is 64.7 cm³/mol. The number of esters is 1. The van der Waals surface area contributed by atoms with Crippen LogP contribution in [0.3, 0.4) is 0 Å². The molecule has 1 unspecified atom stereocenters. The summed E-state index contributed by atoms with van der Waals surface area (Å²) < 4.78 is 21.1. The molecule has 0 saturated heterocycles. The molecule has 1 heterocycles. The molecule has 0 aliphatic carbocycles. The van der Waals surface area contributed by atoms with Crippen molar-refractivity contribution < 1.29 is 23.7 Å². The van der Waals surface area contributed by atoms with Gasteiger partial charge in [0.05, 0.1) is 13.2 Å². The van der Waals surface area contributed by atoms with Crippen molar-refractivity contribution in [2.75, 3.05) is 26.7 Å². The third-order valence-corrected chi connectivity index (χ3v) is 3.30. The van der Waals surface area contributed by atoms with Crippen LogP contribution in [0.25, 0.3) is 0 Å². The van der Waals surface area contributed by atoms with Crippen LogP contribution in [-0.2, 0) is 23.7 Å². The summed E-state index contributed by atoms with van der Waals surface area (Å²) in [5.74, 6) is -1.01. The van der Waals surface area contributed by atoms with E-state index in [1.807, 2.05) is 0 Å². The summed E-state index contributed by atoms with van der Waals surface area (Å²) in [6, 6.07) is 0. The van der Waals surface area contributed by atoms with Gasteiger partial charge in [0.15, 0.2) is 0 Å². The van der Waals surface area contributed by atoms with Gasteiger partial charge in [0.1, 0.15) is 5.76 Å². The van der Waals surface area contributed by atoms with E-state index in [4.69, 9.17) is 18.9 Å². The second-order valence-electron chi connectivity index (χ2n) is 3.58. The van der Waals surface area contributed by atoms with Crippen LogP contribution < -0.4 is 0 Å². The number of halogens is 1. The van der Waals surface area contributed by atoms with Crippen molar-refractivity contribution in [1.29, 1.82) is 0 Å². The number of methoxy groups -OCH3 is 3. The van der Waals surface area contributed by atoms with E-state index in [9.17, 15) is 4.79 Å². The quantitative estimate of drug-likeness (QED) is 0.406. The van der Waals surface area contributed by atoms with E-state index in [0.717, 1.165) is 11.8 Å². The molecule has 0 radical (unpaired) electrons. The van der Waals surface area contributed by atoms with Crippen molar-refractivity contribution in [2.45, 2.75) is 24.7 Å². The molecule has 0 aromatic rings. The SMILES string of the molecule is COC1=CC(=O)OC1C(CCCBr)(OC)OC. The second kappa shape index (κ2) is 6.37. The third kappa shape index (κ3) is 3.00. The Hall–Kier alpha value is -0.590. The summed E-state index contributed by atoms with van der Waals surface area (Å²) in [4.78, 5) is 11.3. The van der Waals surface area contributed by atoms with Crippen LogP contribution in [-0.4, -0.2) is 44.5 Å². The average molecular weight is 309 g/mol. The zero-order valence-corrected chi connectivity index (χ0v) is 11.8. The predicted octanol–water partition coefficient (Wildman–Crippen LogP) is 1.61. The van der Waals surface area contributed by atoms with E-state index in [-0.39, 0.29) is 0 Å². The molecule has 98 valence electrons. The highest BCUT2D eigenvalue weighted by Crippen LogP contribution is 2.33. The summed E-state index contributed by atoms with van der Waals surface area (Å²) in [5, 5.41) is 0.814. The Morgan fingerprint density at radius 1 is 1.41 bits per heavy atom. The van der Waals surface area contributed by atoms with Crippen LogP contribution in [0.2, 0.25) is 0 Å². The standard InChI is InChI=1S/C11H17BrO5/c1-14-8-7-9(13)17-10(8)11(15-2,16-3)5-4-6-12/h7,10H,4-6H2,1-3H3. The minimum atomic E-state index is -0.998. The highest BCUT2D eigenvalue weighted by Gasteiger charge is 2.47. The summed E-state index contributed by atoms with van der Waals surface area (Å²) in [7, 11) is 4.54. The van der Waals surface area contributed by atoms with Gasteiger partial charge in [-0.2, -0.15) is 0 Å². The van der Waals surface area contributed by atoms with E-state index >= 15 is 0 Å². The Labute approximate surface area is 109 Å². The molecule has 0 aromatic carbocycles. The van der Waals surface area contributed by atoms with Crippen molar-refractivity contribution in [1.82, 2.24) is 0 Å². The number of hydrogen-bond acceptors (Lipinski definition) is 5. The van der Waals surface area contributed by atoms with Gasteiger partial charge in [-0.25, -0.2) is 4.79 Å². The maximum Gasteiger partial charge on any atom is 0.335 e. The Morgan fingerprint density at radius 2 is 2.06 bits per heavy atom. The lowest BCUT2D eigenvalue weighted by Crippen LogP contribution is -2.47. The number of carbonyl (C=O) groups is 1. The third-order valence-electron chi connectivity index (χ3n) is 2.74. The molecular formula is C11H17BrO5. The van der Waals surface area contributed by atoms with E-state index in [2.05, 4.69) is 15.9 Å². The lowest BCUT2D eigenvalue weighted by molar-refractivity contribution is -0.260. The topological polar surface area (TPSA) is 54.0 Å². The molecule has 1 atom stereocenters. The van der Waals surface area contributed by atoms with E-state index < -0.39 is 17.9 Å². The molecule has 1 aliphatic heterocycles. The lowest BCUT2D eigenvalue weighted by atomic mass is 10.0. The molecule has 0 fully saturated rings. The molecule has 5 nitrogen and oxygen atoms in total. The molecule has 1 aliphatic rings. The fourth-order valence-corrected chi connectivity index (χ4v) is 2.10. The monoisotopic (exact) mass is 308 g/mol. The van der Waals surface area contributed by atoms with Gasteiger partial charge in [0, 0.05) is 26.0 Å².